The van der Waals surface area contributed by atoms with E-state index in [0.717, 1.165) is 18.2 Å². The summed E-state index contributed by atoms with van der Waals surface area (Å²) in [5.41, 5.74) is 1.58. The van der Waals surface area contributed by atoms with Crippen LogP contribution in [0.2, 0.25) is 0 Å². The number of nitrogens with zero attached hydrogens (tertiary/aromatic N) is 2. The van der Waals surface area contributed by atoms with Crippen LogP contribution in [0.4, 0.5) is 26.1 Å². The standard InChI is InChI=1S/C29H22F2N4O4S/c1-40(37,38)17-18-4-2-6-22(12-18)34-29-32-11-10-27(35-29)39-24-8-9-25-19(13-24)5-3-7-26(25)28(36)33-23-15-20(30)14-21(31)16-23/h2-16H,17H2,1H3,(H,33,36)(H,32,34,35). The van der Waals surface area contributed by atoms with E-state index in [1.165, 1.54) is 12.5 Å². The van der Waals surface area contributed by atoms with Gasteiger partial charge in [0, 0.05) is 41.5 Å². The maximum atomic E-state index is 13.5. The van der Waals surface area contributed by atoms with Gasteiger partial charge >= 0.3 is 0 Å². The highest BCUT2D eigenvalue weighted by Gasteiger charge is 2.13. The van der Waals surface area contributed by atoms with Crippen LogP contribution in [-0.4, -0.2) is 30.5 Å². The molecule has 0 aliphatic rings. The molecule has 0 unspecified atom stereocenters. The lowest BCUT2D eigenvalue weighted by atomic mass is 10.0. The van der Waals surface area contributed by atoms with Crippen molar-refractivity contribution in [3.63, 3.8) is 0 Å². The van der Waals surface area contributed by atoms with Crippen molar-refractivity contribution in [2.75, 3.05) is 16.9 Å². The summed E-state index contributed by atoms with van der Waals surface area (Å²) >= 11 is 0. The molecule has 11 heteroatoms. The molecule has 0 saturated heterocycles. The summed E-state index contributed by atoms with van der Waals surface area (Å²) in [7, 11) is -3.18. The smallest absolute Gasteiger partial charge is 0.256 e. The minimum atomic E-state index is -3.18. The number of benzene rings is 4. The van der Waals surface area contributed by atoms with Crippen molar-refractivity contribution in [1.29, 1.82) is 0 Å². The lowest BCUT2D eigenvalue weighted by Gasteiger charge is -2.11. The molecular formula is C29H22F2N4O4S. The molecule has 0 spiro atoms. The highest BCUT2D eigenvalue weighted by molar-refractivity contribution is 7.89. The van der Waals surface area contributed by atoms with Crippen LogP contribution in [0.15, 0.2) is 91.1 Å². The summed E-state index contributed by atoms with van der Waals surface area (Å²) in [5.74, 6) is -1.22. The molecule has 0 saturated carbocycles. The number of amides is 1. The Morgan fingerprint density at radius 2 is 1.68 bits per heavy atom. The van der Waals surface area contributed by atoms with Crippen LogP contribution in [0.3, 0.4) is 0 Å². The van der Waals surface area contributed by atoms with Crippen LogP contribution in [0.25, 0.3) is 10.8 Å². The number of ether oxygens (including phenoxy) is 1. The zero-order valence-corrected chi connectivity index (χ0v) is 21.9. The largest absolute Gasteiger partial charge is 0.439 e. The normalized spacial score (nSPS) is 11.3. The Bertz CT molecular complexity index is 1830. The number of anilines is 3. The SMILES string of the molecule is CS(=O)(=O)Cc1cccc(Nc2nccc(Oc3ccc4c(C(=O)Nc5cc(F)cc(F)c5)cccc4c3)n2)c1. The molecule has 0 atom stereocenters. The van der Waals surface area contributed by atoms with Crippen molar-refractivity contribution in [3.8, 4) is 11.6 Å². The molecule has 8 nitrogen and oxygen atoms in total. The molecule has 1 heterocycles. The third-order valence-corrected chi connectivity index (χ3v) is 6.54. The van der Waals surface area contributed by atoms with Crippen molar-refractivity contribution >= 4 is 43.8 Å². The molecule has 0 bridgehead atoms. The molecule has 2 N–H and O–H groups in total. The van der Waals surface area contributed by atoms with Gasteiger partial charge in [0.2, 0.25) is 11.8 Å². The molecule has 5 aromatic rings. The highest BCUT2D eigenvalue weighted by Crippen LogP contribution is 2.28. The van der Waals surface area contributed by atoms with Gasteiger partial charge in [0.25, 0.3) is 5.91 Å². The van der Waals surface area contributed by atoms with Crippen LogP contribution in [0, 0.1) is 11.6 Å². The van der Waals surface area contributed by atoms with E-state index in [1.807, 2.05) is 0 Å². The van der Waals surface area contributed by atoms with Crippen molar-refractivity contribution in [2.24, 2.45) is 0 Å². The first-order chi connectivity index (χ1) is 19.1. The number of carbonyl (C=O) groups is 1. The predicted molar refractivity (Wildman–Crippen MR) is 149 cm³/mol. The van der Waals surface area contributed by atoms with Gasteiger partial charge in [-0.2, -0.15) is 4.98 Å². The maximum Gasteiger partial charge on any atom is 0.256 e. The molecule has 202 valence electrons. The van der Waals surface area contributed by atoms with Crippen LogP contribution >= 0.6 is 0 Å². The third kappa shape index (κ3) is 6.75. The summed E-state index contributed by atoms with van der Waals surface area (Å²) in [6, 6.07) is 21.5. The van der Waals surface area contributed by atoms with Gasteiger partial charge in [0.05, 0.1) is 5.75 Å². The second-order valence-electron chi connectivity index (χ2n) is 9.02. The average Bonchev–Trinajstić information content (AvgIpc) is 2.87. The van der Waals surface area contributed by atoms with Gasteiger partial charge in [0.15, 0.2) is 9.84 Å². The number of carbonyl (C=O) groups excluding carboxylic acids is 1. The number of hydrogen-bond donors (Lipinski definition) is 2. The first kappa shape index (κ1) is 26.7. The second-order valence-corrected chi connectivity index (χ2v) is 11.2. The van der Waals surface area contributed by atoms with Gasteiger partial charge in [-0.05, 0) is 64.9 Å². The Balaban J connectivity index is 1.33. The molecule has 1 aromatic heterocycles. The van der Waals surface area contributed by atoms with E-state index in [9.17, 15) is 22.0 Å². The monoisotopic (exact) mass is 560 g/mol. The molecule has 0 aliphatic heterocycles. The molecule has 0 radical (unpaired) electrons. The van der Waals surface area contributed by atoms with Gasteiger partial charge < -0.3 is 15.4 Å². The van der Waals surface area contributed by atoms with E-state index < -0.39 is 27.4 Å². The Kier molecular flexibility index (Phi) is 7.39. The first-order valence-electron chi connectivity index (χ1n) is 12.0. The number of fused-ring (bicyclic) bond motifs is 1. The fourth-order valence-electron chi connectivity index (χ4n) is 4.10. The van der Waals surface area contributed by atoms with E-state index in [1.54, 1.807) is 66.7 Å². The Morgan fingerprint density at radius 3 is 2.45 bits per heavy atom. The van der Waals surface area contributed by atoms with Crippen molar-refractivity contribution in [1.82, 2.24) is 9.97 Å². The number of sulfone groups is 1. The second kappa shape index (κ2) is 11.1. The van der Waals surface area contributed by atoms with Crippen LogP contribution in [0.5, 0.6) is 11.6 Å². The Hall–Kier alpha value is -4.90. The van der Waals surface area contributed by atoms with Crippen molar-refractivity contribution in [3.05, 3.63) is 114 Å². The van der Waals surface area contributed by atoms with Gasteiger partial charge in [-0.25, -0.2) is 22.2 Å². The van der Waals surface area contributed by atoms with E-state index in [2.05, 4.69) is 20.6 Å². The molecule has 1 amide bonds. The highest BCUT2D eigenvalue weighted by atomic mass is 32.2. The van der Waals surface area contributed by atoms with Crippen LogP contribution in [0.1, 0.15) is 15.9 Å². The van der Waals surface area contributed by atoms with Crippen molar-refractivity contribution < 1.29 is 26.7 Å². The topological polar surface area (TPSA) is 110 Å². The summed E-state index contributed by atoms with van der Waals surface area (Å²) in [6.45, 7) is 0. The molecule has 0 aliphatic carbocycles. The number of nitrogens with one attached hydrogen (secondary N) is 2. The number of rotatable bonds is 8. The zero-order valence-electron chi connectivity index (χ0n) is 21.1. The van der Waals surface area contributed by atoms with E-state index in [0.29, 0.717) is 33.3 Å². The van der Waals surface area contributed by atoms with Crippen LogP contribution in [-0.2, 0) is 15.6 Å². The average molecular weight is 561 g/mol. The molecule has 0 fully saturated rings. The minimum Gasteiger partial charge on any atom is -0.439 e. The molecule has 4 aromatic carbocycles. The quantitative estimate of drug-likeness (QED) is 0.231. The summed E-state index contributed by atoms with van der Waals surface area (Å²) in [4.78, 5) is 21.4. The Labute approximate surface area is 228 Å². The lowest BCUT2D eigenvalue weighted by Crippen LogP contribution is -2.12. The summed E-state index contributed by atoms with van der Waals surface area (Å²) in [5, 5.41) is 6.88. The maximum absolute atomic E-state index is 13.5. The third-order valence-electron chi connectivity index (χ3n) is 5.68. The van der Waals surface area contributed by atoms with E-state index >= 15 is 0 Å². The van der Waals surface area contributed by atoms with E-state index in [-0.39, 0.29) is 23.3 Å². The zero-order chi connectivity index (χ0) is 28.3. The molecule has 5 rings (SSSR count). The van der Waals surface area contributed by atoms with Gasteiger partial charge in [-0.3, -0.25) is 4.79 Å². The lowest BCUT2D eigenvalue weighted by molar-refractivity contribution is 0.102. The fourth-order valence-corrected chi connectivity index (χ4v) is 4.88. The van der Waals surface area contributed by atoms with Crippen LogP contribution < -0.4 is 15.4 Å². The fraction of sp³-hybridized carbons (Fsp3) is 0.0690. The first-order valence-corrected chi connectivity index (χ1v) is 14.0. The predicted octanol–water partition coefficient (Wildman–Crippen LogP) is 6.24. The van der Waals surface area contributed by atoms with E-state index in [4.69, 9.17) is 4.74 Å². The van der Waals surface area contributed by atoms with Gasteiger partial charge in [-0.1, -0.05) is 24.3 Å². The minimum absolute atomic E-state index is 0.00903. The van der Waals surface area contributed by atoms with Gasteiger partial charge in [0.1, 0.15) is 17.4 Å². The summed E-state index contributed by atoms with van der Waals surface area (Å²) < 4.78 is 56.2. The Morgan fingerprint density at radius 1 is 0.900 bits per heavy atom. The molecular weight excluding hydrogens is 538 g/mol. The summed E-state index contributed by atoms with van der Waals surface area (Å²) in [6.07, 6.45) is 2.69. The number of hydrogen-bond acceptors (Lipinski definition) is 7. The number of halogens is 2. The number of aromatic nitrogens is 2. The van der Waals surface area contributed by atoms with Crippen molar-refractivity contribution in [2.45, 2.75) is 5.75 Å². The van der Waals surface area contributed by atoms with Gasteiger partial charge in [-0.15, -0.1) is 0 Å². The molecule has 40 heavy (non-hydrogen) atoms.